The van der Waals surface area contributed by atoms with Crippen molar-refractivity contribution < 1.29 is 9.53 Å². The zero-order chi connectivity index (χ0) is 9.68. The molecule has 0 saturated heterocycles. The van der Waals surface area contributed by atoms with Gasteiger partial charge in [0.25, 0.3) is 0 Å². The summed E-state index contributed by atoms with van der Waals surface area (Å²) in [6.45, 7) is 4.98. The number of ether oxygens (including phenoxy) is 1. The summed E-state index contributed by atoms with van der Waals surface area (Å²) in [6.07, 6.45) is 3.84. The van der Waals surface area contributed by atoms with Crippen LogP contribution < -0.4 is 5.32 Å². The summed E-state index contributed by atoms with van der Waals surface area (Å²) in [5, 5.41) is 3.36. The average molecular weight is 185 g/mol. The first-order valence-electron chi connectivity index (χ1n) is 5.14. The van der Waals surface area contributed by atoms with Crippen LogP contribution in [0.5, 0.6) is 0 Å². The van der Waals surface area contributed by atoms with Crippen molar-refractivity contribution in [3.63, 3.8) is 0 Å². The Bertz CT molecular complexity index is 166. The van der Waals surface area contributed by atoms with Crippen LogP contribution in [0, 0.1) is 5.92 Å². The van der Waals surface area contributed by atoms with Gasteiger partial charge in [-0.3, -0.25) is 4.79 Å². The summed E-state index contributed by atoms with van der Waals surface area (Å²) in [7, 11) is 0. The number of hydrogen-bond donors (Lipinski definition) is 1. The van der Waals surface area contributed by atoms with Crippen LogP contribution in [0.2, 0.25) is 0 Å². The lowest BCUT2D eigenvalue weighted by Crippen LogP contribution is -2.39. The molecule has 0 radical (unpaired) electrons. The third-order valence-corrected chi connectivity index (χ3v) is 2.51. The van der Waals surface area contributed by atoms with Crippen molar-refractivity contribution >= 4 is 5.97 Å². The van der Waals surface area contributed by atoms with Gasteiger partial charge in [0, 0.05) is 12.6 Å². The maximum atomic E-state index is 11.2. The predicted molar refractivity (Wildman–Crippen MR) is 51.4 cm³/mol. The molecule has 0 aromatic carbocycles. The van der Waals surface area contributed by atoms with Gasteiger partial charge in [0.2, 0.25) is 0 Å². The molecule has 1 fully saturated rings. The van der Waals surface area contributed by atoms with E-state index >= 15 is 0 Å². The molecule has 1 unspecified atom stereocenters. The number of carbonyl (C=O) groups is 1. The lowest BCUT2D eigenvalue weighted by molar-refractivity contribution is -0.147. The van der Waals surface area contributed by atoms with E-state index in [4.69, 9.17) is 4.74 Å². The van der Waals surface area contributed by atoms with E-state index in [0.29, 0.717) is 12.6 Å². The van der Waals surface area contributed by atoms with Crippen LogP contribution in [0.1, 0.15) is 33.1 Å². The van der Waals surface area contributed by atoms with Gasteiger partial charge in [-0.05, 0) is 19.8 Å². The second-order valence-corrected chi connectivity index (χ2v) is 3.69. The Hall–Kier alpha value is -0.570. The molecule has 0 amide bonds. The Labute approximate surface area is 79.8 Å². The molecule has 1 saturated carbocycles. The molecule has 0 bridgehead atoms. The average Bonchev–Trinajstić information content (AvgIpc) is 2.01. The van der Waals surface area contributed by atoms with Crippen LogP contribution in [0.15, 0.2) is 0 Å². The van der Waals surface area contributed by atoms with E-state index in [1.165, 1.54) is 19.3 Å². The van der Waals surface area contributed by atoms with Crippen molar-refractivity contribution in [1.29, 1.82) is 0 Å². The maximum absolute atomic E-state index is 11.2. The highest BCUT2D eigenvalue weighted by Gasteiger charge is 2.19. The van der Waals surface area contributed by atoms with E-state index in [1.807, 2.05) is 13.8 Å². The lowest BCUT2D eigenvalue weighted by Gasteiger charge is -2.27. The summed E-state index contributed by atoms with van der Waals surface area (Å²) in [4.78, 5) is 11.2. The van der Waals surface area contributed by atoms with Crippen LogP contribution in [0.4, 0.5) is 0 Å². The Morgan fingerprint density at radius 1 is 1.62 bits per heavy atom. The van der Waals surface area contributed by atoms with E-state index in [1.54, 1.807) is 0 Å². The van der Waals surface area contributed by atoms with Gasteiger partial charge >= 0.3 is 5.97 Å². The first kappa shape index (κ1) is 10.5. The van der Waals surface area contributed by atoms with E-state index in [-0.39, 0.29) is 11.9 Å². The van der Waals surface area contributed by atoms with E-state index in [9.17, 15) is 4.79 Å². The van der Waals surface area contributed by atoms with Crippen molar-refractivity contribution in [3.05, 3.63) is 0 Å². The van der Waals surface area contributed by atoms with Crippen molar-refractivity contribution in [1.82, 2.24) is 5.32 Å². The highest BCUT2D eigenvalue weighted by atomic mass is 16.5. The zero-order valence-electron chi connectivity index (χ0n) is 8.51. The fourth-order valence-electron chi connectivity index (χ4n) is 1.32. The monoisotopic (exact) mass is 185 g/mol. The Kier molecular flexibility index (Phi) is 4.22. The fraction of sp³-hybridized carbons (Fsp3) is 0.900. The molecule has 1 rings (SSSR count). The molecular formula is C10H19NO2. The first-order chi connectivity index (χ1) is 6.24. The summed E-state index contributed by atoms with van der Waals surface area (Å²) < 4.78 is 4.91. The molecule has 0 aliphatic heterocycles. The fourth-order valence-corrected chi connectivity index (χ4v) is 1.32. The molecule has 1 N–H and O–H groups in total. The molecule has 13 heavy (non-hydrogen) atoms. The van der Waals surface area contributed by atoms with Gasteiger partial charge in [0.15, 0.2) is 0 Å². The van der Waals surface area contributed by atoms with E-state index in [0.717, 1.165) is 6.54 Å². The molecule has 1 atom stereocenters. The number of carbonyl (C=O) groups excluding carboxylic acids is 1. The summed E-state index contributed by atoms with van der Waals surface area (Å²) >= 11 is 0. The highest BCUT2D eigenvalue weighted by Crippen LogP contribution is 2.18. The van der Waals surface area contributed by atoms with Gasteiger partial charge in [-0.1, -0.05) is 13.3 Å². The Balaban J connectivity index is 2.08. The van der Waals surface area contributed by atoms with Crippen LogP contribution in [0.25, 0.3) is 0 Å². The molecule has 76 valence electrons. The van der Waals surface area contributed by atoms with Crippen LogP contribution >= 0.6 is 0 Å². The number of esters is 1. The molecule has 1 aliphatic rings. The zero-order valence-corrected chi connectivity index (χ0v) is 8.51. The lowest BCUT2D eigenvalue weighted by atomic mass is 9.93. The molecule has 3 nitrogen and oxygen atoms in total. The number of hydrogen-bond acceptors (Lipinski definition) is 3. The van der Waals surface area contributed by atoms with E-state index in [2.05, 4.69) is 5.32 Å². The Morgan fingerprint density at radius 3 is 2.77 bits per heavy atom. The van der Waals surface area contributed by atoms with E-state index < -0.39 is 0 Å². The Morgan fingerprint density at radius 2 is 2.31 bits per heavy atom. The maximum Gasteiger partial charge on any atom is 0.309 e. The smallest absolute Gasteiger partial charge is 0.309 e. The highest BCUT2D eigenvalue weighted by molar-refractivity contribution is 5.72. The molecule has 0 heterocycles. The van der Waals surface area contributed by atoms with Gasteiger partial charge in [-0.25, -0.2) is 0 Å². The second-order valence-electron chi connectivity index (χ2n) is 3.69. The second kappa shape index (κ2) is 5.22. The third-order valence-electron chi connectivity index (χ3n) is 2.51. The van der Waals surface area contributed by atoms with Crippen molar-refractivity contribution in [3.8, 4) is 0 Å². The largest absolute Gasteiger partial charge is 0.466 e. The number of rotatable bonds is 5. The first-order valence-corrected chi connectivity index (χ1v) is 5.14. The summed E-state index contributed by atoms with van der Waals surface area (Å²) in [5.41, 5.74) is 0. The molecule has 0 spiro atoms. The molecule has 0 aromatic rings. The SMILES string of the molecule is CCOC(=O)C(C)CNC1CCC1. The minimum absolute atomic E-state index is 0.0134. The van der Waals surface area contributed by atoms with Crippen LogP contribution in [0.3, 0.4) is 0 Å². The third kappa shape index (κ3) is 3.35. The minimum atomic E-state index is -0.0886. The summed E-state index contributed by atoms with van der Waals surface area (Å²) in [6, 6.07) is 0.650. The number of nitrogens with one attached hydrogen (secondary N) is 1. The van der Waals surface area contributed by atoms with Crippen LogP contribution in [-0.4, -0.2) is 25.2 Å². The minimum Gasteiger partial charge on any atom is -0.466 e. The van der Waals surface area contributed by atoms with Gasteiger partial charge in [-0.15, -0.1) is 0 Å². The van der Waals surface area contributed by atoms with Crippen molar-refractivity contribution in [2.24, 2.45) is 5.92 Å². The molecule has 3 heteroatoms. The normalized spacial score (nSPS) is 19.2. The van der Waals surface area contributed by atoms with Gasteiger partial charge in [0.1, 0.15) is 0 Å². The van der Waals surface area contributed by atoms with Crippen molar-refractivity contribution in [2.45, 2.75) is 39.2 Å². The van der Waals surface area contributed by atoms with Crippen LogP contribution in [-0.2, 0) is 9.53 Å². The molecular weight excluding hydrogens is 166 g/mol. The van der Waals surface area contributed by atoms with Gasteiger partial charge < -0.3 is 10.1 Å². The van der Waals surface area contributed by atoms with Gasteiger partial charge in [-0.2, -0.15) is 0 Å². The topological polar surface area (TPSA) is 38.3 Å². The van der Waals surface area contributed by atoms with Crippen molar-refractivity contribution in [2.75, 3.05) is 13.2 Å². The predicted octanol–water partition coefficient (Wildman–Crippen LogP) is 1.33. The quantitative estimate of drug-likeness (QED) is 0.657. The van der Waals surface area contributed by atoms with Gasteiger partial charge in [0.05, 0.1) is 12.5 Å². The standard InChI is InChI=1S/C10H19NO2/c1-3-13-10(12)8(2)7-11-9-5-4-6-9/h8-9,11H,3-7H2,1-2H3. The molecule has 1 aliphatic carbocycles. The molecule has 0 aromatic heterocycles. The summed E-state index contributed by atoms with van der Waals surface area (Å²) in [5.74, 6) is -0.102.